The third-order valence-corrected chi connectivity index (χ3v) is 2.98. The van der Waals surface area contributed by atoms with Gasteiger partial charge in [0.25, 0.3) is 0 Å². The first-order valence-electron chi connectivity index (χ1n) is 5.76. The average Bonchev–Trinajstić information content (AvgIpc) is 2.59. The molecular weight excluding hydrogens is 224 g/mol. The number of nitrogens with one attached hydrogen (secondary N) is 1. The highest BCUT2D eigenvalue weighted by Crippen LogP contribution is 2.22. The van der Waals surface area contributed by atoms with Gasteiger partial charge in [-0.05, 0) is 20.4 Å². The number of rotatable bonds is 4. The van der Waals surface area contributed by atoms with Gasteiger partial charge in [0.15, 0.2) is 0 Å². The van der Waals surface area contributed by atoms with Gasteiger partial charge in [-0.3, -0.25) is 4.79 Å². The fraction of sp³-hybridized carbons (Fsp3) is 0.818. The molecule has 0 unspecified atom stereocenters. The van der Waals surface area contributed by atoms with E-state index < -0.39 is 23.7 Å². The van der Waals surface area contributed by atoms with Crippen LogP contribution in [0.4, 0.5) is 0 Å². The van der Waals surface area contributed by atoms with Crippen molar-refractivity contribution in [3.05, 3.63) is 0 Å². The number of carboxylic acid groups (broad SMARTS) is 1. The highest BCUT2D eigenvalue weighted by atomic mass is 16.4. The Labute approximate surface area is 101 Å². The summed E-state index contributed by atoms with van der Waals surface area (Å²) in [7, 11) is 0. The average molecular weight is 244 g/mol. The molecule has 6 nitrogen and oxygen atoms in total. The number of nitrogens with zero attached hydrogens (tertiary/aromatic N) is 1. The van der Waals surface area contributed by atoms with Crippen molar-refractivity contribution < 1.29 is 19.8 Å². The first-order chi connectivity index (χ1) is 7.79. The minimum Gasteiger partial charge on any atom is -0.480 e. The second-order valence-electron chi connectivity index (χ2n) is 4.86. The number of aliphatic hydroxyl groups is 1. The minimum atomic E-state index is -1.07. The smallest absolute Gasteiger partial charge is 0.326 e. The maximum absolute atomic E-state index is 12.2. The number of amides is 1. The van der Waals surface area contributed by atoms with Crippen molar-refractivity contribution in [2.24, 2.45) is 0 Å². The van der Waals surface area contributed by atoms with Crippen LogP contribution < -0.4 is 5.32 Å². The van der Waals surface area contributed by atoms with E-state index in [2.05, 4.69) is 5.32 Å². The van der Waals surface area contributed by atoms with Crippen LogP contribution in [0.15, 0.2) is 0 Å². The van der Waals surface area contributed by atoms with E-state index >= 15 is 0 Å². The maximum atomic E-state index is 12.2. The Morgan fingerprint density at radius 1 is 1.47 bits per heavy atom. The summed E-state index contributed by atoms with van der Waals surface area (Å²) in [5, 5.41) is 21.5. The number of carboxylic acids is 1. The summed E-state index contributed by atoms with van der Waals surface area (Å²) in [6.45, 7) is 6.00. The standard InChI is InChI=1S/C11H20N2O4/c1-4-12-11(2,3)10(17)13-6-7(14)5-8(13)9(15)16/h7-8,12,14H,4-6H2,1-3H3,(H,15,16)/t7-,8+/m1/s1. The third kappa shape index (κ3) is 2.95. The molecule has 1 fully saturated rings. The van der Waals surface area contributed by atoms with E-state index in [4.69, 9.17) is 5.11 Å². The third-order valence-electron chi connectivity index (χ3n) is 2.98. The number of aliphatic carboxylic acids is 1. The van der Waals surface area contributed by atoms with Crippen LogP contribution in [0.5, 0.6) is 0 Å². The Morgan fingerprint density at radius 3 is 2.53 bits per heavy atom. The molecule has 1 saturated heterocycles. The lowest BCUT2D eigenvalue weighted by Gasteiger charge is -2.32. The number of aliphatic hydroxyl groups excluding tert-OH is 1. The zero-order valence-corrected chi connectivity index (χ0v) is 10.4. The zero-order valence-electron chi connectivity index (χ0n) is 10.4. The van der Waals surface area contributed by atoms with Gasteiger partial charge < -0.3 is 20.4 Å². The second-order valence-corrected chi connectivity index (χ2v) is 4.86. The van der Waals surface area contributed by atoms with E-state index in [9.17, 15) is 14.7 Å². The van der Waals surface area contributed by atoms with Crippen molar-refractivity contribution in [2.45, 2.75) is 44.9 Å². The lowest BCUT2D eigenvalue weighted by atomic mass is 10.0. The molecule has 0 aromatic heterocycles. The molecule has 1 aliphatic rings. The minimum absolute atomic E-state index is 0.0879. The SMILES string of the molecule is CCNC(C)(C)C(=O)N1C[C@H](O)C[C@H]1C(=O)O. The number of carbonyl (C=O) groups is 2. The first kappa shape index (κ1) is 13.9. The molecule has 0 spiro atoms. The number of hydrogen-bond acceptors (Lipinski definition) is 4. The highest BCUT2D eigenvalue weighted by Gasteiger charge is 2.43. The van der Waals surface area contributed by atoms with E-state index in [1.54, 1.807) is 13.8 Å². The number of carbonyl (C=O) groups excluding carboxylic acids is 1. The summed E-state index contributed by atoms with van der Waals surface area (Å²) in [5.41, 5.74) is -0.813. The highest BCUT2D eigenvalue weighted by molar-refractivity contribution is 5.90. The van der Waals surface area contributed by atoms with Crippen molar-refractivity contribution in [1.29, 1.82) is 0 Å². The van der Waals surface area contributed by atoms with Crippen molar-refractivity contribution >= 4 is 11.9 Å². The maximum Gasteiger partial charge on any atom is 0.326 e. The molecule has 0 saturated carbocycles. The Morgan fingerprint density at radius 2 is 2.06 bits per heavy atom. The van der Waals surface area contributed by atoms with Gasteiger partial charge in [-0.15, -0.1) is 0 Å². The van der Waals surface area contributed by atoms with Gasteiger partial charge in [0, 0.05) is 13.0 Å². The molecule has 1 rings (SSSR count). The van der Waals surface area contributed by atoms with E-state index in [1.807, 2.05) is 6.92 Å². The molecule has 1 heterocycles. The molecular formula is C11H20N2O4. The lowest BCUT2D eigenvalue weighted by Crippen LogP contribution is -2.56. The largest absolute Gasteiger partial charge is 0.480 e. The summed E-state index contributed by atoms with van der Waals surface area (Å²) in [5.74, 6) is -1.36. The molecule has 98 valence electrons. The molecule has 2 atom stereocenters. The van der Waals surface area contributed by atoms with Crippen molar-refractivity contribution in [2.75, 3.05) is 13.1 Å². The van der Waals surface area contributed by atoms with Crippen LogP contribution in [0.1, 0.15) is 27.2 Å². The van der Waals surface area contributed by atoms with Gasteiger partial charge in [0.2, 0.25) is 5.91 Å². The molecule has 1 amide bonds. The molecule has 0 aliphatic carbocycles. The van der Waals surface area contributed by atoms with Crippen LogP contribution in [0.2, 0.25) is 0 Å². The number of likely N-dealkylation sites (tertiary alicyclic amines) is 1. The molecule has 0 radical (unpaired) electrons. The number of likely N-dealkylation sites (N-methyl/N-ethyl adjacent to an activating group) is 1. The first-order valence-corrected chi connectivity index (χ1v) is 5.76. The van der Waals surface area contributed by atoms with Crippen LogP contribution in [0.3, 0.4) is 0 Å². The van der Waals surface area contributed by atoms with Crippen molar-refractivity contribution in [1.82, 2.24) is 10.2 Å². The van der Waals surface area contributed by atoms with Gasteiger partial charge in [0.05, 0.1) is 11.6 Å². The second kappa shape index (κ2) is 5.01. The zero-order chi connectivity index (χ0) is 13.2. The topological polar surface area (TPSA) is 89.9 Å². The molecule has 0 bridgehead atoms. The van der Waals surface area contributed by atoms with E-state index in [0.29, 0.717) is 6.54 Å². The predicted octanol–water partition coefficient (Wildman–Crippen LogP) is -0.579. The Hall–Kier alpha value is -1.14. The summed E-state index contributed by atoms with van der Waals surface area (Å²) in [6, 6.07) is -0.921. The Kier molecular flexibility index (Phi) is 4.11. The van der Waals surface area contributed by atoms with Crippen LogP contribution in [-0.4, -0.2) is 57.8 Å². The van der Waals surface area contributed by atoms with Crippen LogP contribution in [0.25, 0.3) is 0 Å². The quantitative estimate of drug-likeness (QED) is 0.615. The van der Waals surface area contributed by atoms with Gasteiger partial charge in [-0.2, -0.15) is 0 Å². The van der Waals surface area contributed by atoms with Crippen LogP contribution in [0, 0.1) is 0 Å². The van der Waals surface area contributed by atoms with Gasteiger partial charge in [-0.1, -0.05) is 6.92 Å². The molecule has 3 N–H and O–H groups in total. The molecule has 0 aromatic carbocycles. The van der Waals surface area contributed by atoms with E-state index in [0.717, 1.165) is 0 Å². The summed E-state index contributed by atoms with van der Waals surface area (Å²) in [4.78, 5) is 24.5. The van der Waals surface area contributed by atoms with Gasteiger partial charge in [-0.25, -0.2) is 4.79 Å². The van der Waals surface area contributed by atoms with Crippen LogP contribution >= 0.6 is 0 Å². The molecule has 0 aromatic rings. The van der Waals surface area contributed by atoms with Crippen molar-refractivity contribution in [3.8, 4) is 0 Å². The lowest BCUT2D eigenvalue weighted by molar-refractivity contribution is -0.150. The fourth-order valence-corrected chi connectivity index (χ4v) is 2.15. The number of β-amino-alcohol motifs (C(OH)–C–C–N with tert-alkyl or cyclic N) is 1. The monoisotopic (exact) mass is 244 g/mol. The predicted molar refractivity (Wildman–Crippen MR) is 61.5 cm³/mol. The van der Waals surface area contributed by atoms with Gasteiger partial charge in [0.1, 0.15) is 6.04 Å². The van der Waals surface area contributed by atoms with Crippen LogP contribution in [-0.2, 0) is 9.59 Å². The summed E-state index contributed by atoms with van der Waals surface area (Å²) >= 11 is 0. The number of hydrogen-bond donors (Lipinski definition) is 3. The van der Waals surface area contributed by atoms with Crippen molar-refractivity contribution in [3.63, 3.8) is 0 Å². The molecule has 1 aliphatic heterocycles. The van der Waals surface area contributed by atoms with E-state index in [-0.39, 0.29) is 18.9 Å². The Bertz CT molecular complexity index is 317. The normalized spacial score (nSPS) is 25.1. The van der Waals surface area contributed by atoms with E-state index in [1.165, 1.54) is 4.90 Å². The summed E-state index contributed by atoms with van der Waals surface area (Å²) < 4.78 is 0. The molecule has 6 heteroatoms. The fourth-order valence-electron chi connectivity index (χ4n) is 2.15. The molecule has 17 heavy (non-hydrogen) atoms. The summed E-state index contributed by atoms with van der Waals surface area (Å²) in [6.07, 6.45) is -0.652. The van der Waals surface area contributed by atoms with Gasteiger partial charge >= 0.3 is 5.97 Å². The Balaban J connectivity index is 2.84.